The Labute approximate surface area is 114 Å². The molecule has 0 spiro atoms. The van der Waals surface area contributed by atoms with Crippen LogP contribution in [-0.2, 0) is 9.53 Å². The second kappa shape index (κ2) is 5.72. The number of aliphatic hydroxyl groups excluding tert-OH is 2. The molecule has 2 atom stereocenters. The molecule has 0 radical (unpaired) electrons. The predicted octanol–water partition coefficient (Wildman–Crippen LogP) is 0.614. The maximum atomic E-state index is 11.2. The van der Waals surface area contributed by atoms with Gasteiger partial charge in [-0.1, -0.05) is 11.2 Å². The number of carbonyl (C=O) groups is 1. The third-order valence-electron chi connectivity index (χ3n) is 2.81. The van der Waals surface area contributed by atoms with Crippen LogP contribution in [0.2, 0.25) is 0 Å². The number of benzene rings is 1. The average molecular weight is 279 g/mol. The van der Waals surface area contributed by atoms with Crippen LogP contribution in [0, 0.1) is 0 Å². The SMILES string of the molecule is COC(=O)C(O)C(O)c1ccc(O)c(-c2ccno2)c1. The Morgan fingerprint density at radius 3 is 2.70 bits per heavy atom. The molecule has 1 heterocycles. The summed E-state index contributed by atoms with van der Waals surface area (Å²) in [5.41, 5.74) is 0.517. The minimum absolute atomic E-state index is 0.0785. The van der Waals surface area contributed by atoms with E-state index in [2.05, 4.69) is 9.89 Å². The van der Waals surface area contributed by atoms with Gasteiger partial charge in [0, 0.05) is 6.07 Å². The van der Waals surface area contributed by atoms with Gasteiger partial charge in [0.1, 0.15) is 11.9 Å². The number of methoxy groups -OCH3 is 1. The fourth-order valence-electron chi connectivity index (χ4n) is 1.72. The molecular weight excluding hydrogens is 266 g/mol. The van der Waals surface area contributed by atoms with Crippen molar-refractivity contribution in [3.8, 4) is 17.1 Å². The Hall–Kier alpha value is -2.38. The number of carbonyl (C=O) groups excluding carboxylic acids is 1. The molecular formula is C13H13NO6. The first-order chi connectivity index (χ1) is 9.54. The van der Waals surface area contributed by atoms with Crippen molar-refractivity contribution in [1.82, 2.24) is 5.16 Å². The zero-order valence-electron chi connectivity index (χ0n) is 10.6. The van der Waals surface area contributed by atoms with Gasteiger partial charge in [-0.15, -0.1) is 0 Å². The van der Waals surface area contributed by atoms with Crippen LogP contribution >= 0.6 is 0 Å². The number of hydrogen-bond donors (Lipinski definition) is 3. The number of aromatic hydroxyl groups is 1. The summed E-state index contributed by atoms with van der Waals surface area (Å²) in [7, 11) is 1.11. The molecule has 0 saturated carbocycles. The molecule has 0 aliphatic rings. The molecule has 0 amide bonds. The maximum absolute atomic E-state index is 11.2. The van der Waals surface area contributed by atoms with Crippen LogP contribution in [0.1, 0.15) is 11.7 Å². The molecule has 0 aliphatic carbocycles. The van der Waals surface area contributed by atoms with Crippen molar-refractivity contribution in [3.05, 3.63) is 36.0 Å². The van der Waals surface area contributed by atoms with E-state index in [1.54, 1.807) is 0 Å². The van der Waals surface area contributed by atoms with Crippen molar-refractivity contribution in [3.63, 3.8) is 0 Å². The van der Waals surface area contributed by atoms with E-state index in [0.29, 0.717) is 5.76 Å². The number of phenolic OH excluding ortho intramolecular Hbond substituents is 1. The lowest BCUT2D eigenvalue weighted by atomic mass is 10.0. The van der Waals surface area contributed by atoms with Crippen LogP contribution in [-0.4, -0.2) is 39.7 Å². The average Bonchev–Trinajstić information content (AvgIpc) is 2.99. The minimum Gasteiger partial charge on any atom is -0.507 e. The zero-order valence-corrected chi connectivity index (χ0v) is 10.6. The van der Waals surface area contributed by atoms with E-state index in [-0.39, 0.29) is 16.9 Å². The third kappa shape index (κ3) is 2.63. The lowest BCUT2D eigenvalue weighted by molar-refractivity contribution is -0.156. The van der Waals surface area contributed by atoms with Gasteiger partial charge in [0.25, 0.3) is 0 Å². The monoisotopic (exact) mass is 279 g/mol. The zero-order chi connectivity index (χ0) is 14.7. The third-order valence-corrected chi connectivity index (χ3v) is 2.81. The minimum atomic E-state index is -1.72. The van der Waals surface area contributed by atoms with Crippen molar-refractivity contribution in [2.75, 3.05) is 7.11 Å². The van der Waals surface area contributed by atoms with Gasteiger partial charge in [0.05, 0.1) is 18.9 Å². The number of esters is 1. The molecule has 7 heteroatoms. The molecule has 0 aliphatic heterocycles. The molecule has 1 aromatic carbocycles. The van der Waals surface area contributed by atoms with Crippen molar-refractivity contribution >= 4 is 5.97 Å². The van der Waals surface area contributed by atoms with Crippen LogP contribution in [0.25, 0.3) is 11.3 Å². The molecule has 3 N–H and O–H groups in total. The summed E-state index contributed by atoms with van der Waals surface area (Å²) in [4.78, 5) is 11.2. The predicted molar refractivity (Wildman–Crippen MR) is 66.6 cm³/mol. The molecule has 20 heavy (non-hydrogen) atoms. The highest BCUT2D eigenvalue weighted by molar-refractivity contribution is 5.75. The molecule has 7 nitrogen and oxygen atoms in total. The van der Waals surface area contributed by atoms with E-state index in [9.17, 15) is 20.1 Å². The fourth-order valence-corrected chi connectivity index (χ4v) is 1.72. The number of aliphatic hydroxyl groups is 2. The van der Waals surface area contributed by atoms with Crippen LogP contribution in [0.3, 0.4) is 0 Å². The van der Waals surface area contributed by atoms with Gasteiger partial charge in [0.15, 0.2) is 11.9 Å². The van der Waals surface area contributed by atoms with Gasteiger partial charge in [-0.2, -0.15) is 0 Å². The molecule has 0 saturated heterocycles. The van der Waals surface area contributed by atoms with E-state index in [0.717, 1.165) is 7.11 Å². The van der Waals surface area contributed by atoms with E-state index in [1.807, 2.05) is 0 Å². The van der Waals surface area contributed by atoms with E-state index < -0.39 is 18.2 Å². The fraction of sp³-hybridized carbons (Fsp3) is 0.231. The summed E-state index contributed by atoms with van der Waals surface area (Å²) in [6.45, 7) is 0. The highest BCUT2D eigenvalue weighted by Crippen LogP contribution is 2.32. The first-order valence-electron chi connectivity index (χ1n) is 5.72. The Bertz CT molecular complexity index is 595. The first kappa shape index (κ1) is 14.0. The second-order valence-corrected chi connectivity index (χ2v) is 4.07. The van der Waals surface area contributed by atoms with Crippen molar-refractivity contribution in [2.45, 2.75) is 12.2 Å². The number of hydrogen-bond acceptors (Lipinski definition) is 7. The number of phenols is 1. The lowest BCUT2D eigenvalue weighted by Gasteiger charge is -2.16. The van der Waals surface area contributed by atoms with Gasteiger partial charge in [-0.05, 0) is 17.7 Å². The van der Waals surface area contributed by atoms with E-state index >= 15 is 0 Å². The van der Waals surface area contributed by atoms with Crippen LogP contribution in [0.15, 0.2) is 35.0 Å². The van der Waals surface area contributed by atoms with Gasteiger partial charge < -0.3 is 24.6 Å². The van der Waals surface area contributed by atoms with Crippen LogP contribution in [0.5, 0.6) is 5.75 Å². The molecule has 2 unspecified atom stereocenters. The molecule has 1 aromatic heterocycles. The maximum Gasteiger partial charge on any atom is 0.337 e. The normalized spacial score (nSPS) is 13.8. The first-order valence-corrected chi connectivity index (χ1v) is 5.72. The Kier molecular flexibility index (Phi) is 4.02. The number of ether oxygens (including phenoxy) is 1. The second-order valence-electron chi connectivity index (χ2n) is 4.07. The Morgan fingerprint density at radius 1 is 1.35 bits per heavy atom. The summed E-state index contributed by atoms with van der Waals surface area (Å²) in [6.07, 6.45) is -1.79. The summed E-state index contributed by atoms with van der Waals surface area (Å²) in [5.74, 6) is -0.735. The van der Waals surface area contributed by atoms with Crippen LogP contribution in [0.4, 0.5) is 0 Å². The van der Waals surface area contributed by atoms with Crippen molar-refractivity contribution in [2.24, 2.45) is 0 Å². The largest absolute Gasteiger partial charge is 0.507 e. The molecule has 0 bridgehead atoms. The quantitative estimate of drug-likeness (QED) is 0.703. The van der Waals surface area contributed by atoms with Gasteiger partial charge in [0.2, 0.25) is 0 Å². The number of rotatable bonds is 4. The van der Waals surface area contributed by atoms with Crippen LogP contribution < -0.4 is 0 Å². The Morgan fingerprint density at radius 2 is 2.10 bits per heavy atom. The standard InChI is InChI=1S/C13H13NO6/c1-19-13(18)12(17)11(16)7-2-3-9(15)8(6-7)10-4-5-14-20-10/h2-6,11-12,15-17H,1H3. The molecule has 2 aromatic rings. The summed E-state index contributed by atoms with van der Waals surface area (Å²) in [6, 6.07) is 5.63. The summed E-state index contributed by atoms with van der Waals surface area (Å²) < 4.78 is 9.27. The highest BCUT2D eigenvalue weighted by atomic mass is 16.5. The van der Waals surface area contributed by atoms with E-state index in [1.165, 1.54) is 30.5 Å². The number of aromatic nitrogens is 1. The van der Waals surface area contributed by atoms with Gasteiger partial charge >= 0.3 is 5.97 Å². The molecule has 106 valence electrons. The Balaban J connectivity index is 2.34. The van der Waals surface area contributed by atoms with Crippen molar-refractivity contribution < 1.29 is 29.4 Å². The topological polar surface area (TPSA) is 113 Å². The summed E-state index contributed by atoms with van der Waals surface area (Å²) in [5, 5.41) is 32.8. The smallest absolute Gasteiger partial charge is 0.337 e. The van der Waals surface area contributed by atoms with Crippen molar-refractivity contribution in [1.29, 1.82) is 0 Å². The van der Waals surface area contributed by atoms with E-state index in [4.69, 9.17) is 4.52 Å². The molecule has 0 fully saturated rings. The van der Waals surface area contributed by atoms with Gasteiger partial charge in [-0.25, -0.2) is 4.79 Å². The number of nitrogens with zero attached hydrogens (tertiary/aromatic N) is 1. The lowest BCUT2D eigenvalue weighted by Crippen LogP contribution is -2.29. The highest BCUT2D eigenvalue weighted by Gasteiger charge is 2.27. The van der Waals surface area contributed by atoms with Gasteiger partial charge in [-0.3, -0.25) is 0 Å². The summed E-state index contributed by atoms with van der Waals surface area (Å²) >= 11 is 0. The molecule has 2 rings (SSSR count).